The van der Waals surface area contributed by atoms with Crippen molar-refractivity contribution in [2.24, 2.45) is 0 Å². The van der Waals surface area contributed by atoms with Crippen LogP contribution >= 0.6 is 0 Å². The maximum Gasteiger partial charge on any atom is 0.167 e. The van der Waals surface area contributed by atoms with Gasteiger partial charge in [-0.05, 0) is 5.56 Å². The minimum atomic E-state index is -1.11. The summed E-state index contributed by atoms with van der Waals surface area (Å²) in [4.78, 5) is 12.3. The Morgan fingerprint density at radius 2 is 1.93 bits per heavy atom. The predicted molar refractivity (Wildman–Crippen MR) is 105 cm³/mol. The minimum Gasteiger partial charge on any atom is -0.387 e. The molecule has 4 heterocycles. The highest BCUT2D eigenvalue weighted by molar-refractivity contribution is 5.81. The third kappa shape index (κ3) is 3.34. The van der Waals surface area contributed by atoms with Gasteiger partial charge in [-0.1, -0.05) is 30.3 Å². The number of fused-ring (bicyclic) bond motifs is 1. The van der Waals surface area contributed by atoms with Gasteiger partial charge < -0.3 is 31.3 Å². The van der Waals surface area contributed by atoms with Gasteiger partial charge in [0, 0.05) is 25.2 Å². The molecule has 10 heteroatoms. The van der Waals surface area contributed by atoms with Crippen molar-refractivity contribution < 1.29 is 14.9 Å². The van der Waals surface area contributed by atoms with E-state index < -0.39 is 24.5 Å². The smallest absolute Gasteiger partial charge is 0.167 e. The van der Waals surface area contributed by atoms with Crippen LogP contribution in [0, 0.1) is 0 Å². The first kappa shape index (κ1) is 18.4. The topological polar surface area (TPSA) is 153 Å². The Balaban J connectivity index is 1.20. The van der Waals surface area contributed by atoms with Crippen LogP contribution in [-0.2, 0) is 4.74 Å². The fourth-order valence-corrected chi connectivity index (χ4v) is 3.91. The Bertz CT molecular complexity index is 998. The number of nitrogens with one attached hydrogen (secondary N) is 2. The standard InChI is InChI=1S/C19H23N7O3/c20-17-14-18(23-8-22-17)26(9-24-14)19-16(28)15(27)12(29-19)7-21-6-11-13(25-11)10-4-2-1-3-5-10/h1-5,8-9,11-13,15-16,19,21,25,27-28H,6-7H2,(H2,20,22,23)/t11?,12-,13?,15?,16?,19-/m1/s1. The number of aliphatic hydroxyl groups is 2. The van der Waals surface area contributed by atoms with Gasteiger partial charge in [0.05, 0.1) is 6.33 Å². The summed E-state index contributed by atoms with van der Waals surface area (Å²) in [6.07, 6.45) is -0.663. The van der Waals surface area contributed by atoms with E-state index in [0.29, 0.717) is 29.8 Å². The Labute approximate surface area is 166 Å². The highest BCUT2D eigenvalue weighted by Gasteiger charge is 2.44. The molecule has 10 nitrogen and oxygen atoms in total. The summed E-state index contributed by atoms with van der Waals surface area (Å²) >= 11 is 0. The van der Waals surface area contributed by atoms with Gasteiger partial charge in [-0.15, -0.1) is 0 Å². The third-order valence-corrected chi connectivity index (χ3v) is 5.55. The van der Waals surface area contributed by atoms with Crippen LogP contribution in [0.5, 0.6) is 0 Å². The van der Waals surface area contributed by atoms with Gasteiger partial charge in [-0.2, -0.15) is 0 Å². The molecule has 4 unspecified atom stereocenters. The van der Waals surface area contributed by atoms with Crippen molar-refractivity contribution in [3.63, 3.8) is 0 Å². The van der Waals surface area contributed by atoms with Crippen LogP contribution in [0.1, 0.15) is 17.8 Å². The first-order valence-corrected chi connectivity index (χ1v) is 9.60. The van der Waals surface area contributed by atoms with Crippen LogP contribution in [0.2, 0.25) is 0 Å². The van der Waals surface area contributed by atoms with Crippen LogP contribution < -0.4 is 16.4 Å². The summed E-state index contributed by atoms with van der Waals surface area (Å²) < 4.78 is 7.51. The van der Waals surface area contributed by atoms with E-state index in [-0.39, 0.29) is 5.82 Å². The number of benzene rings is 1. The summed E-state index contributed by atoms with van der Waals surface area (Å²) in [5.41, 5.74) is 7.97. The number of nitrogens with zero attached hydrogens (tertiary/aromatic N) is 4. The second kappa shape index (κ2) is 7.32. The number of aromatic nitrogens is 4. The van der Waals surface area contributed by atoms with E-state index in [2.05, 4.69) is 37.7 Å². The molecule has 5 rings (SSSR count). The Morgan fingerprint density at radius 3 is 2.76 bits per heavy atom. The number of aliphatic hydroxyl groups excluding tert-OH is 2. The molecule has 3 aromatic rings. The SMILES string of the molecule is Nc1ncnc2c1ncn2[C@@H]1O[C@H](CNCC2NC2c2ccccc2)C(O)C1O. The van der Waals surface area contributed by atoms with Gasteiger partial charge >= 0.3 is 0 Å². The molecule has 29 heavy (non-hydrogen) atoms. The lowest BCUT2D eigenvalue weighted by Crippen LogP contribution is -2.39. The molecular weight excluding hydrogens is 374 g/mol. The Hall–Kier alpha value is -2.63. The molecule has 0 radical (unpaired) electrons. The largest absolute Gasteiger partial charge is 0.387 e. The quantitative estimate of drug-likeness (QED) is 0.341. The molecule has 152 valence electrons. The molecule has 0 amide bonds. The molecule has 2 aromatic heterocycles. The fourth-order valence-electron chi connectivity index (χ4n) is 3.91. The zero-order valence-corrected chi connectivity index (χ0v) is 15.6. The lowest BCUT2D eigenvalue weighted by molar-refractivity contribution is -0.0341. The predicted octanol–water partition coefficient (Wildman–Crippen LogP) is -0.670. The zero-order chi connectivity index (χ0) is 20.0. The van der Waals surface area contributed by atoms with Crippen LogP contribution in [0.4, 0.5) is 5.82 Å². The molecule has 2 aliphatic heterocycles. The number of imidazole rings is 1. The van der Waals surface area contributed by atoms with Crippen LogP contribution in [-0.4, -0.2) is 67.2 Å². The number of nitrogen functional groups attached to an aromatic ring is 1. The van der Waals surface area contributed by atoms with Crippen molar-refractivity contribution >= 4 is 17.0 Å². The molecule has 1 aromatic carbocycles. The van der Waals surface area contributed by atoms with Gasteiger partial charge in [0.15, 0.2) is 17.7 Å². The van der Waals surface area contributed by atoms with Crippen molar-refractivity contribution in [3.8, 4) is 0 Å². The van der Waals surface area contributed by atoms with Crippen molar-refractivity contribution in [3.05, 3.63) is 48.5 Å². The number of hydrogen-bond acceptors (Lipinski definition) is 9. The lowest BCUT2D eigenvalue weighted by atomic mass is 10.1. The van der Waals surface area contributed by atoms with Crippen molar-refractivity contribution in [2.45, 2.75) is 36.6 Å². The van der Waals surface area contributed by atoms with Crippen LogP contribution in [0.25, 0.3) is 11.2 Å². The number of anilines is 1. The van der Waals surface area contributed by atoms with Crippen molar-refractivity contribution in [1.82, 2.24) is 30.2 Å². The summed E-state index contributed by atoms with van der Waals surface area (Å²) in [6, 6.07) is 11.0. The third-order valence-electron chi connectivity index (χ3n) is 5.55. The highest BCUT2D eigenvalue weighted by Crippen LogP contribution is 2.32. The normalized spacial score (nSPS) is 31.4. The van der Waals surface area contributed by atoms with Crippen LogP contribution in [0.3, 0.4) is 0 Å². The highest BCUT2D eigenvalue weighted by atomic mass is 16.6. The van der Waals surface area contributed by atoms with E-state index in [1.54, 1.807) is 4.57 Å². The molecule has 2 aliphatic rings. The minimum absolute atomic E-state index is 0.255. The maximum atomic E-state index is 10.5. The van der Waals surface area contributed by atoms with Gasteiger partial charge in [0.2, 0.25) is 0 Å². The van der Waals surface area contributed by atoms with E-state index in [1.807, 2.05) is 18.2 Å². The molecule has 0 bridgehead atoms. The van der Waals surface area contributed by atoms with E-state index in [9.17, 15) is 10.2 Å². The van der Waals surface area contributed by atoms with Crippen molar-refractivity contribution in [2.75, 3.05) is 18.8 Å². The van der Waals surface area contributed by atoms with Gasteiger partial charge in [-0.3, -0.25) is 4.57 Å². The second-order valence-corrected chi connectivity index (χ2v) is 7.45. The second-order valence-electron chi connectivity index (χ2n) is 7.45. The lowest BCUT2D eigenvalue weighted by Gasteiger charge is -2.16. The fraction of sp³-hybridized carbons (Fsp3) is 0.421. The molecule has 0 saturated carbocycles. The summed E-state index contributed by atoms with van der Waals surface area (Å²) in [5.74, 6) is 0.255. The summed E-state index contributed by atoms with van der Waals surface area (Å²) in [7, 11) is 0. The number of ether oxygens (including phenoxy) is 1. The van der Waals surface area contributed by atoms with Gasteiger partial charge in [-0.25, -0.2) is 15.0 Å². The maximum absolute atomic E-state index is 10.5. The summed E-state index contributed by atoms with van der Waals surface area (Å²) in [6.45, 7) is 1.16. The molecule has 0 aliphatic carbocycles. The van der Waals surface area contributed by atoms with E-state index in [0.717, 1.165) is 6.54 Å². The average molecular weight is 397 g/mol. The van der Waals surface area contributed by atoms with Gasteiger partial charge in [0.25, 0.3) is 0 Å². The molecule has 6 atom stereocenters. The molecule has 2 fully saturated rings. The first-order valence-electron chi connectivity index (χ1n) is 9.60. The molecule has 6 N–H and O–H groups in total. The molecule has 2 saturated heterocycles. The zero-order valence-electron chi connectivity index (χ0n) is 15.6. The Morgan fingerprint density at radius 1 is 1.10 bits per heavy atom. The molecule has 0 spiro atoms. The summed E-state index contributed by atoms with van der Waals surface area (Å²) in [5, 5.41) is 27.7. The molecular formula is C19H23N7O3. The van der Waals surface area contributed by atoms with E-state index in [1.165, 1.54) is 18.2 Å². The number of nitrogens with two attached hydrogens (primary N) is 1. The number of rotatable bonds is 6. The first-order chi connectivity index (χ1) is 14.1. The Kier molecular flexibility index (Phi) is 4.64. The van der Waals surface area contributed by atoms with Crippen molar-refractivity contribution in [1.29, 1.82) is 0 Å². The van der Waals surface area contributed by atoms with Crippen LogP contribution in [0.15, 0.2) is 43.0 Å². The number of hydrogen-bond donors (Lipinski definition) is 5. The van der Waals surface area contributed by atoms with E-state index >= 15 is 0 Å². The average Bonchev–Trinajstić information content (AvgIpc) is 3.30. The van der Waals surface area contributed by atoms with E-state index in [4.69, 9.17) is 10.5 Å². The monoisotopic (exact) mass is 397 g/mol. The van der Waals surface area contributed by atoms with Gasteiger partial charge in [0.1, 0.15) is 30.2 Å².